The normalized spacial score (nSPS) is 16.7. The van der Waals surface area contributed by atoms with Crippen LogP contribution in [-0.2, 0) is 6.54 Å². The second-order valence-corrected chi connectivity index (χ2v) is 14.1. The maximum atomic E-state index is 12.9. The highest BCUT2D eigenvalue weighted by molar-refractivity contribution is 6.41. The highest BCUT2D eigenvalue weighted by atomic mass is 79.9. The first kappa shape index (κ1) is 44.5. The number of nitrogens with one attached hydrogen (secondary N) is 1. The fourth-order valence-electron chi connectivity index (χ4n) is 6.45. The van der Waals surface area contributed by atoms with Crippen molar-refractivity contribution in [2.45, 2.75) is 46.1 Å². The average Bonchev–Trinajstić information content (AvgIpc) is 3.76. The van der Waals surface area contributed by atoms with Crippen LogP contribution in [0.25, 0.3) is 0 Å². The van der Waals surface area contributed by atoms with E-state index in [1.165, 1.54) is 68.3 Å². The first-order chi connectivity index (χ1) is 24.0. The Labute approximate surface area is 344 Å². The van der Waals surface area contributed by atoms with Gasteiger partial charge in [0.05, 0.1) is 64.1 Å². The van der Waals surface area contributed by atoms with Gasteiger partial charge < -0.3 is 57.8 Å². The summed E-state index contributed by atoms with van der Waals surface area (Å²) in [6.45, 7) is 16.2. The number of hydrogen-bond acceptors (Lipinski definition) is 9. The second-order valence-electron chi connectivity index (χ2n) is 12.7. The number of piperazine rings is 2. The number of nitrogens with zero attached hydrogens (tertiary/aromatic N) is 11. The molecule has 1 N–H and O–H groups in total. The van der Waals surface area contributed by atoms with E-state index < -0.39 is 5.82 Å². The number of rotatable bonds is 7. The van der Waals surface area contributed by atoms with E-state index in [4.69, 9.17) is 46.4 Å². The maximum Gasteiger partial charge on any atom is 0.225 e. The molecule has 3 fully saturated rings. The van der Waals surface area contributed by atoms with Crippen LogP contribution in [0.5, 0.6) is 0 Å². The van der Waals surface area contributed by atoms with Gasteiger partial charge in [0.1, 0.15) is 22.0 Å². The Morgan fingerprint density at radius 1 is 0.673 bits per heavy atom. The molecule has 52 heavy (non-hydrogen) atoms. The summed E-state index contributed by atoms with van der Waals surface area (Å²) in [7, 11) is 0. The molecule has 20 heteroatoms. The molecule has 0 atom stereocenters. The quantitative estimate of drug-likeness (QED) is 0.205. The van der Waals surface area contributed by atoms with Crippen molar-refractivity contribution < 1.29 is 47.2 Å². The minimum absolute atomic E-state index is 0. The van der Waals surface area contributed by atoms with Crippen molar-refractivity contribution in [2.24, 2.45) is 0 Å². The van der Waals surface area contributed by atoms with Gasteiger partial charge in [-0.3, -0.25) is 4.90 Å². The molecule has 4 aromatic heterocycles. The van der Waals surface area contributed by atoms with Crippen molar-refractivity contribution in [1.82, 2.24) is 44.4 Å². The standard InChI is InChI=1S/C16H21Cl2FN6.C12H18FN4.C4H4Cl2N2.2BrH/c1-12-22-14(17)15(18)25(12)5-3-2-4-23-6-8-24(9-7-23)16-20-10-13(19)11-21-16;13-11-9-14-12(15-10-11)16-3-7-17(8-4-16)5-1-2-6-17;1-2-7-3(5)4(6)8-2;;/h10-11H,2-9H2,1H3;9-10H,1-8H2;1H3,(H,7,8);2*1H/q;+1;;;/p-2. The molecule has 7 heterocycles. The molecule has 3 aliphatic rings. The number of halogens is 8. The van der Waals surface area contributed by atoms with Gasteiger partial charge in [-0.1, -0.05) is 46.4 Å². The topological polar surface area (TPSA) is 108 Å². The number of H-pyrrole nitrogens is 1. The molecule has 12 nitrogen and oxygen atoms in total. The van der Waals surface area contributed by atoms with Crippen molar-refractivity contribution in [3.63, 3.8) is 0 Å². The number of quaternary nitrogens is 1. The summed E-state index contributed by atoms with van der Waals surface area (Å²) in [6, 6.07) is 0. The fraction of sp³-hybridized carbons (Fsp3) is 0.562. The van der Waals surface area contributed by atoms with E-state index in [9.17, 15) is 8.78 Å². The molecule has 7 rings (SSSR count). The first-order valence-corrected chi connectivity index (χ1v) is 18.3. The average molecular weight is 935 g/mol. The number of imidazole rings is 2. The molecule has 0 amide bonds. The molecule has 0 saturated carbocycles. The summed E-state index contributed by atoms with van der Waals surface area (Å²) in [4.78, 5) is 33.6. The Morgan fingerprint density at radius 3 is 1.60 bits per heavy atom. The zero-order chi connectivity index (χ0) is 35.7. The zero-order valence-electron chi connectivity index (χ0n) is 29.1. The third-order valence-corrected chi connectivity index (χ3v) is 10.6. The number of aromatic amines is 1. The molecule has 0 bridgehead atoms. The molecule has 0 radical (unpaired) electrons. The maximum absolute atomic E-state index is 12.9. The van der Waals surface area contributed by atoms with Gasteiger partial charge in [0.25, 0.3) is 0 Å². The van der Waals surface area contributed by atoms with Crippen LogP contribution < -0.4 is 43.8 Å². The summed E-state index contributed by atoms with van der Waals surface area (Å²) >= 11 is 23.0. The van der Waals surface area contributed by atoms with E-state index in [1.807, 2.05) is 11.5 Å². The highest BCUT2D eigenvalue weighted by Crippen LogP contribution is 2.24. The van der Waals surface area contributed by atoms with Crippen LogP contribution in [0.15, 0.2) is 24.8 Å². The smallest absolute Gasteiger partial charge is 0.225 e. The fourth-order valence-corrected chi connectivity index (χ4v) is 7.28. The number of hydrogen-bond donors (Lipinski definition) is 1. The molecule has 1 spiro atoms. The SMILES string of the molecule is Cc1nc(Cl)c(Cl)[nH]1.Cc1nc(Cl)c(Cl)n1CCCCN1CCN(c2ncc(F)cn2)CC1.Fc1cnc(N2CC[N+]3(CCCC3)CC2)nc1.[Br-].[Br-]. The molecule has 3 saturated heterocycles. The lowest BCUT2D eigenvalue weighted by atomic mass is 10.2. The third-order valence-electron chi connectivity index (χ3n) is 9.26. The molecular weight excluding hydrogens is 892 g/mol. The van der Waals surface area contributed by atoms with E-state index in [0.717, 1.165) is 76.8 Å². The monoisotopic (exact) mass is 931 g/mol. The lowest BCUT2D eigenvalue weighted by Crippen LogP contribution is -3.00. The number of aryl methyl sites for hydroxylation is 2. The van der Waals surface area contributed by atoms with Gasteiger partial charge >= 0.3 is 0 Å². The van der Waals surface area contributed by atoms with Gasteiger partial charge in [0.2, 0.25) is 11.9 Å². The van der Waals surface area contributed by atoms with Crippen molar-refractivity contribution in [2.75, 3.05) is 81.8 Å². The van der Waals surface area contributed by atoms with Crippen LogP contribution in [0.1, 0.15) is 37.3 Å². The Hall–Kier alpha value is -1.92. The van der Waals surface area contributed by atoms with Crippen LogP contribution in [0.3, 0.4) is 0 Å². The van der Waals surface area contributed by atoms with Crippen LogP contribution in [0.4, 0.5) is 20.7 Å². The Kier molecular flexibility index (Phi) is 18.2. The van der Waals surface area contributed by atoms with Crippen molar-refractivity contribution in [3.8, 4) is 0 Å². The predicted molar refractivity (Wildman–Crippen MR) is 193 cm³/mol. The Bertz CT molecular complexity index is 1620. The van der Waals surface area contributed by atoms with Crippen LogP contribution in [-0.4, -0.2) is 121 Å². The highest BCUT2D eigenvalue weighted by Gasteiger charge is 2.36. The second kappa shape index (κ2) is 21.2. The van der Waals surface area contributed by atoms with Crippen molar-refractivity contribution in [1.29, 1.82) is 0 Å². The Morgan fingerprint density at radius 2 is 1.17 bits per heavy atom. The van der Waals surface area contributed by atoms with E-state index in [1.54, 1.807) is 6.92 Å². The van der Waals surface area contributed by atoms with Gasteiger partial charge in [-0.25, -0.2) is 38.7 Å². The third kappa shape index (κ3) is 12.6. The van der Waals surface area contributed by atoms with Gasteiger partial charge in [-0.05, 0) is 33.2 Å². The summed E-state index contributed by atoms with van der Waals surface area (Å²) in [5.41, 5.74) is 0. The summed E-state index contributed by atoms with van der Waals surface area (Å²) < 4.78 is 28.9. The van der Waals surface area contributed by atoms with Crippen LogP contribution in [0.2, 0.25) is 20.6 Å². The van der Waals surface area contributed by atoms with Crippen LogP contribution in [0, 0.1) is 25.5 Å². The molecule has 4 aromatic rings. The minimum atomic E-state index is -0.406. The van der Waals surface area contributed by atoms with Crippen molar-refractivity contribution in [3.05, 3.63) is 68.7 Å². The lowest BCUT2D eigenvalue weighted by Gasteiger charge is -2.41. The van der Waals surface area contributed by atoms with Gasteiger partial charge in [-0.2, -0.15) is 0 Å². The molecule has 0 aliphatic carbocycles. The number of anilines is 2. The molecule has 0 unspecified atom stereocenters. The first-order valence-electron chi connectivity index (χ1n) is 16.8. The van der Waals surface area contributed by atoms with E-state index >= 15 is 0 Å². The Balaban J connectivity index is 0.000000233. The predicted octanol–water partition coefficient (Wildman–Crippen LogP) is 0.109. The van der Waals surface area contributed by atoms with E-state index in [2.05, 4.69) is 49.6 Å². The molecule has 3 aliphatic heterocycles. The molecule has 0 aromatic carbocycles. The summed E-state index contributed by atoms with van der Waals surface area (Å²) in [5, 5.41) is 1.64. The van der Waals surface area contributed by atoms with Gasteiger partial charge in [-0.15, -0.1) is 0 Å². The van der Waals surface area contributed by atoms with Crippen LogP contribution >= 0.6 is 46.4 Å². The summed E-state index contributed by atoms with van der Waals surface area (Å²) in [6.07, 6.45) is 9.76. The minimum Gasteiger partial charge on any atom is -1.00 e. The number of aromatic nitrogens is 8. The van der Waals surface area contributed by atoms with E-state index in [-0.39, 0.29) is 39.8 Å². The zero-order valence-corrected chi connectivity index (χ0v) is 35.3. The molecule has 288 valence electrons. The lowest BCUT2D eigenvalue weighted by molar-refractivity contribution is -0.917. The van der Waals surface area contributed by atoms with Gasteiger partial charge in [0.15, 0.2) is 21.9 Å². The van der Waals surface area contributed by atoms with Gasteiger partial charge in [0, 0.05) is 45.6 Å². The van der Waals surface area contributed by atoms with Crippen molar-refractivity contribution >= 4 is 58.3 Å². The molecular formula is C32H43Br2Cl4F2N12-. The largest absolute Gasteiger partial charge is 1.00 e. The number of unbranched alkanes of at least 4 members (excludes halogenated alkanes) is 1. The van der Waals surface area contributed by atoms with E-state index in [0.29, 0.717) is 32.5 Å². The summed E-state index contributed by atoms with van der Waals surface area (Å²) in [5.74, 6) is 2.08.